The molecule has 0 aromatic heterocycles. The van der Waals surface area contributed by atoms with Crippen molar-refractivity contribution >= 4 is 23.2 Å². The maximum atomic E-state index is 5.81. The van der Waals surface area contributed by atoms with Crippen molar-refractivity contribution in [3.8, 4) is 11.8 Å². The normalized spacial score (nSPS) is 9.15. The first-order chi connectivity index (χ1) is 6.24. The standard InChI is InChI=1S/C11H10Cl2/c1-9-8-11(13)6-5-10(9)4-2-3-7-12/h5-6,8H,3,7H2,1H3. The van der Waals surface area contributed by atoms with Gasteiger partial charge in [-0.1, -0.05) is 23.4 Å². The Morgan fingerprint density at radius 1 is 1.38 bits per heavy atom. The third kappa shape index (κ3) is 3.30. The Morgan fingerprint density at radius 3 is 2.77 bits per heavy atom. The molecule has 0 atom stereocenters. The van der Waals surface area contributed by atoms with E-state index in [4.69, 9.17) is 23.2 Å². The van der Waals surface area contributed by atoms with E-state index in [0.717, 1.165) is 22.6 Å². The van der Waals surface area contributed by atoms with Crippen LogP contribution >= 0.6 is 23.2 Å². The Bertz CT molecular complexity index is 345. The van der Waals surface area contributed by atoms with Crippen LogP contribution in [0, 0.1) is 18.8 Å². The Morgan fingerprint density at radius 2 is 2.15 bits per heavy atom. The quantitative estimate of drug-likeness (QED) is 0.493. The fourth-order valence-electron chi connectivity index (χ4n) is 0.972. The lowest BCUT2D eigenvalue weighted by Gasteiger charge is -1.97. The first-order valence-corrected chi connectivity index (χ1v) is 4.96. The molecule has 13 heavy (non-hydrogen) atoms. The zero-order chi connectivity index (χ0) is 9.68. The molecule has 0 nitrogen and oxygen atoms in total. The molecule has 0 fully saturated rings. The zero-order valence-electron chi connectivity index (χ0n) is 7.40. The van der Waals surface area contributed by atoms with Gasteiger partial charge in [0.15, 0.2) is 0 Å². The maximum absolute atomic E-state index is 5.81. The monoisotopic (exact) mass is 212 g/mol. The van der Waals surface area contributed by atoms with Gasteiger partial charge >= 0.3 is 0 Å². The predicted octanol–water partition coefficient (Wildman–Crippen LogP) is 3.63. The molecular weight excluding hydrogens is 203 g/mol. The number of alkyl halides is 1. The topological polar surface area (TPSA) is 0 Å². The summed E-state index contributed by atoms with van der Waals surface area (Å²) in [6.45, 7) is 2.00. The molecule has 0 spiro atoms. The first kappa shape index (κ1) is 10.4. The minimum Gasteiger partial charge on any atom is -0.126 e. The van der Waals surface area contributed by atoms with E-state index in [2.05, 4.69) is 11.8 Å². The lowest BCUT2D eigenvalue weighted by atomic mass is 10.1. The lowest BCUT2D eigenvalue weighted by molar-refractivity contribution is 1.29. The van der Waals surface area contributed by atoms with Gasteiger partial charge in [0.25, 0.3) is 0 Å². The number of halogens is 2. The number of hydrogen-bond donors (Lipinski definition) is 0. The SMILES string of the molecule is Cc1cc(Cl)ccc1C#CCCCl. The van der Waals surface area contributed by atoms with Gasteiger partial charge in [-0.2, -0.15) is 0 Å². The second-order valence-corrected chi connectivity index (χ2v) is 3.51. The highest BCUT2D eigenvalue weighted by molar-refractivity contribution is 6.30. The molecule has 0 unspecified atom stereocenters. The van der Waals surface area contributed by atoms with Gasteiger partial charge in [-0.3, -0.25) is 0 Å². The molecule has 1 aromatic carbocycles. The Labute approximate surface area is 88.9 Å². The summed E-state index contributed by atoms with van der Waals surface area (Å²) in [5.41, 5.74) is 2.13. The molecule has 0 saturated carbocycles. The number of benzene rings is 1. The van der Waals surface area contributed by atoms with Crippen LogP contribution in [0.3, 0.4) is 0 Å². The van der Waals surface area contributed by atoms with Gasteiger partial charge in [0.2, 0.25) is 0 Å². The van der Waals surface area contributed by atoms with Gasteiger partial charge in [0.05, 0.1) is 0 Å². The third-order valence-corrected chi connectivity index (χ3v) is 2.06. The van der Waals surface area contributed by atoms with Crippen molar-refractivity contribution in [1.29, 1.82) is 0 Å². The van der Waals surface area contributed by atoms with E-state index in [1.54, 1.807) is 0 Å². The van der Waals surface area contributed by atoms with Crippen LogP contribution < -0.4 is 0 Å². The van der Waals surface area contributed by atoms with Crippen molar-refractivity contribution in [2.45, 2.75) is 13.3 Å². The number of hydrogen-bond acceptors (Lipinski definition) is 0. The van der Waals surface area contributed by atoms with Crippen LogP contribution in [-0.4, -0.2) is 5.88 Å². The highest BCUT2D eigenvalue weighted by Crippen LogP contribution is 2.13. The molecule has 0 N–H and O–H groups in total. The van der Waals surface area contributed by atoms with Crippen molar-refractivity contribution < 1.29 is 0 Å². The molecule has 0 aliphatic carbocycles. The first-order valence-electron chi connectivity index (χ1n) is 4.05. The van der Waals surface area contributed by atoms with Crippen LogP contribution in [0.4, 0.5) is 0 Å². The Hall–Kier alpha value is -0.640. The molecule has 0 saturated heterocycles. The van der Waals surface area contributed by atoms with E-state index in [1.165, 1.54) is 0 Å². The molecule has 0 aliphatic heterocycles. The molecular formula is C11H10Cl2. The van der Waals surface area contributed by atoms with E-state index in [9.17, 15) is 0 Å². The number of rotatable bonds is 1. The van der Waals surface area contributed by atoms with E-state index in [-0.39, 0.29) is 0 Å². The Balaban J connectivity index is 2.85. The van der Waals surface area contributed by atoms with Gasteiger partial charge in [0.1, 0.15) is 0 Å². The maximum Gasteiger partial charge on any atom is 0.0409 e. The average molecular weight is 213 g/mol. The van der Waals surface area contributed by atoms with Gasteiger partial charge in [-0.05, 0) is 30.7 Å². The molecule has 2 heteroatoms. The molecule has 0 heterocycles. The second kappa shape index (κ2) is 5.17. The molecule has 0 amide bonds. The molecule has 1 aromatic rings. The van der Waals surface area contributed by atoms with E-state index in [0.29, 0.717) is 5.88 Å². The van der Waals surface area contributed by atoms with Crippen LogP contribution in [0.25, 0.3) is 0 Å². The smallest absolute Gasteiger partial charge is 0.0409 e. The summed E-state index contributed by atoms with van der Waals surface area (Å²) < 4.78 is 0. The van der Waals surface area contributed by atoms with Crippen LogP contribution in [0.5, 0.6) is 0 Å². The van der Waals surface area contributed by atoms with Crippen molar-refractivity contribution in [1.82, 2.24) is 0 Å². The summed E-state index contributed by atoms with van der Waals surface area (Å²) in [4.78, 5) is 0. The van der Waals surface area contributed by atoms with Crippen molar-refractivity contribution in [3.05, 3.63) is 34.3 Å². The van der Waals surface area contributed by atoms with Gasteiger partial charge < -0.3 is 0 Å². The summed E-state index contributed by atoms with van der Waals surface area (Å²) >= 11 is 11.3. The van der Waals surface area contributed by atoms with Crippen LogP contribution in [-0.2, 0) is 0 Å². The van der Waals surface area contributed by atoms with E-state index >= 15 is 0 Å². The molecule has 1 rings (SSSR count). The third-order valence-electron chi connectivity index (χ3n) is 1.63. The van der Waals surface area contributed by atoms with Gasteiger partial charge in [-0.15, -0.1) is 11.6 Å². The van der Waals surface area contributed by atoms with Crippen molar-refractivity contribution in [3.63, 3.8) is 0 Å². The lowest BCUT2D eigenvalue weighted by Crippen LogP contribution is -1.81. The van der Waals surface area contributed by atoms with E-state index in [1.807, 2.05) is 25.1 Å². The van der Waals surface area contributed by atoms with Crippen LogP contribution in [0.1, 0.15) is 17.5 Å². The summed E-state index contributed by atoms with van der Waals surface area (Å²) in [7, 11) is 0. The highest BCUT2D eigenvalue weighted by atomic mass is 35.5. The summed E-state index contributed by atoms with van der Waals surface area (Å²) in [6.07, 6.45) is 0.726. The van der Waals surface area contributed by atoms with E-state index < -0.39 is 0 Å². The predicted molar refractivity (Wildman–Crippen MR) is 58.4 cm³/mol. The summed E-state index contributed by atoms with van der Waals surface area (Å²) in [5.74, 6) is 6.62. The number of aryl methyl sites for hydroxylation is 1. The molecule has 0 aliphatic rings. The van der Waals surface area contributed by atoms with Crippen LogP contribution in [0.2, 0.25) is 5.02 Å². The molecule has 0 bridgehead atoms. The Kier molecular flexibility index (Phi) is 4.15. The molecule has 0 radical (unpaired) electrons. The second-order valence-electron chi connectivity index (χ2n) is 2.70. The fourth-order valence-corrected chi connectivity index (χ4v) is 1.29. The summed E-state index contributed by atoms with van der Waals surface area (Å²) in [6, 6.07) is 5.68. The summed E-state index contributed by atoms with van der Waals surface area (Å²) in [5, 5.41) is 0.750. The largest absolute Gasteiger partial charge is 0.126 e. The van der Waals surface area contributed by atoms with Gasteiger partial charge in [0, 0.05) is 22.9 Å². The van der Waals surface area contributed by atoms with Crippen LogP contribution in [0.15, 0.2) is 18.2 Å². The van der Waals surface area contributed by atoms with Crippen molar-refractivity contribution in [2.75, 3.05) is 5.88 Å². The van der Waals surface area contributed by atoms with Gasteiger partial charge in [-0.25, -0.2) is 0 Å². The minimum atomic E-state index is 0.583. The fraction of sp³-hybridized carbons (Fsp3) is 0.273. The van der Waals surface area contributed by atoms with Crippen molar-refractivity contribution in [2.24, 2.45) is 0 Å². The average Bonchev–Trinajstić information content (AvgIpc) is 2.09. The minimum absolute atomic E-state index is 0.583. The molecule has 68 valence electrons. The zero-order valence-corrected chi connectivity index (χ0v) is 8.91. The highest BCUT2D eigenvalue weighted by Gasteiger charge is 1.94.